The topological polar surface area (TPSA) is 84.2 Å². The molecule has 1 aromatic rings. The third-order valence-corrected chi connectivity index (χ3v) is 10.0. The van der Waals surface area contributed by atoms with Gasteiger partial charge in [-0.1, -0.05) is 30.5 Å². The van der Waals surface area contributed by atoms with Gasteiger partial charge in [0.2, 0.25) is 5.91 Å². The molecular weight excluding hydrogens is 442 g/mol. The SMILES string of the molecule is CNC1C2CC3CC1CC(C(N)=O)(C3)C2.Cc1c(Cl)cccc1SNC1(C=O)CCCC1. The van der Waals surface area contributed by atoms with Crippen LogP contribution in [0, 0.1) is 30.1 Å². The number of hydrogen-bond donors (Lipinski definition) is 3. The van der Waals surface area contributed by atoms with E-state index in [9.17, 15) is 9.59 Å². The number of rotatable bonds is 6. The molecule has 1 amide bonds. The highest BCUT2D eigenvalue weighted by Crippen LogP contribution is 2.59. The molecule has 0 radical (unpaired) electrons. The Balaban J connectivity index is 0.000000154. The van der Waals surface area contributed by atoms with E-state index < -0.39 is 0 Å². The van der Waals surface area contributed by atoms with Crippen LogP contribution in [0.1, 0.15) is 63.4 Å². The highest BCUT2D eigenvalue weighted by molar-refractivity contribution is 7.97. The number of benzene rings is 1. The monoisotopic (exact) mass is 477 g/mol. The lowest BCUT2D eigenvalue weighted by molar-refractivity contribution is -0.145. The summed E-state index contributed by atoms with van der Waals surface area (Å²) in [6, 6.07) is 6.48. The number of aldehydes is 1. The summed E-state index contributed by atoms with van der Waals surface area (Å²) in [6.07, 6.45) is 11.0. The van der Waals surface area contributed by atoms with Gasteiger partial charge >= 0.3 is 0 Å². The number of nitrogens with two attached hydrogens (primary N) is 1. The Bertz CT molecular complexity index is 842. The third kappa shape index (κ3) is 4.61. The Morgan fingerprint density at radius 3 is 2.41 bits per heavy atom. The molecule has 0 aliphatic heterocycles. The van der Waals surface area contributed by atoms with E-state index in [1.807, 2.05) is 25.1 Å². The fourth-order valence-corrected chi connectivity index (χ4v) is 8.11. The van der Waals surface area contributed by atoms with Gasteiger partial charge in [0.15, 0.2) is 0 Å². The Kier molecular flexibility index (Phi) is 7.26. The van der Waals surface area contributed by atoms with E-state index in [4.69, 9.17) is 17.3 Å². The molecule has 5 saturated carbocycles. The number of carbonyl (C=O) groups excluding carboxylic acids is 2. The zero-order valence-electron chi connectivity index (χ0n) is 19.2. The van der Waals surface area contributed by atoms with Crippen molar-refractivity contribution in [2.75, 3.05) is 7.05 Å². The Morgan fingerprint density at radius 1 is 1.19 bits per heavy atom. The molecule has 0 spiro atoms. The van der Waals surface area contributed by atoms with Crippen LogP contribution in [0.5, 0.6) is 0 Å². The zero-order chi connectivity index (χ0) is 22.9. The summed E-state index contributed by atoms with van der Waals surface area (Å²) in [7, 11) is 2.06. The molecule has 5 aliphatic carbocycles. The zero-order valence-corrected chi connectivity index (χ0v) is 20.7. The van der Waals surface area contributed by atoms with Crippen molar-refractivity contribution in [2.24, 2.45) is 28.9 Å². The summed E-state index contributed by atoms with van der Waals surface area (Å²) in [5, 5.41) is 4.22. The van der Waals surface area contributed by atoms with Crippen LogP contribution < -0.4 is 15.8 Å². The minimum atomic E-state index is -0.334. The molecule has 0 saturated heterocycles. The molecule has 1 aromatic carbocycles. The molecule has 2 unspecified atom stereocenters. The minimum absolute atomic E-state index is 0.0311. The lowest BCUT2D eigenvalue weighted by Gasteiger charge is -2.58. The number of primary amides is 1. The minimum Gasteiger partial charge on any atom is -0.369 e. The number of carbonyl (C=O) groups is 2. The van der Waals surface area contributed by atoms with Crippen LogP contribution in [0.3, 0.4) is 0 Å². The highest BCUT2D eigenvalue weighted by Gasteiger charge is 2.57. The lowest BCUT2D eigenvalue weighted by Crippen LogP contribution is -2.60. The lowest BCUT2D eigenvalue weighted by atomic mass is 9.47. The van der Waals surface area contributed by atoms with Crippen molar-refractivity contribution in [2.45, 2.75) is 81.2 Å². The maximum absolute atomic E-state index is 11.6. The van der Waals surface area contributed by atoms with Gasteiger partial charge in [-0.25, -0.2) is 4.72 Å². The normalized spacial score (nSPS) is 34.1. The van der Waals surface area contributed by atoms with Crippen LogP contribution in [0.15, 0.2) is 23.1 Å². The van der Waals surface area contributed by atoms with Crippen LogP contribution in [-0.2, 0) is 9.59 Å². The van der Waals surface area contributed by atoms with E-state index >= 15 is 0 Å². The Morgan fingerprint density at radius 2 is 1.84 bits per heavy atom. The first kappa shape index (κ1) is 24.1. The second kappa shape index (κ2) is 9.65. The van der Waals surface area contributed by atoms with Crippen LogP contribution in [0.25, 0.3) is 0 Å². The van der Waals surface area contributed by atoms with Crippen molar-refractivity contribution in [3.8, 4) is 0 Å². The molecule has 0 aromatic heterocycles. The predicted molar refractivity (Wildman–Crippen MR) is 130 cm³/mol. The first-order valence-corrected chi connectivity index (χ1v) is 13.1. The van der Waals surface area contributed by atoms with Gasteiger partial charge in [-0.05, 0) is 106 Å². The Labute approximate surface area is 201 Å². The van der Waals surface area contributed by atoms with Gasteiger partial charge < -0.3 is 15.8 Å². The van der Waals surface area contributed by atoms with Crippen molar-refractivity contribution in [1.29, 1.82) is 0 Å². The Hall–Kier alpha value is -1.08. The number of nitrogens with one attached hydrogen (secondary N) is 2. The summed E-state index contributed by atoms with van der Waals surface area (Å²) in [6.45, 7) is 1.99. The van der Waals surface area contributed by atoms with Crippen LogP contribution in [0.2, 0.25) is 5.02 Å². The third-order valence-electron chi connectivity index (χ3n) is 8.43. The molecule has 4 bridgehead atoms. The van der Waals surface area contributed by atoms with E-state index in [0.29, 0.717) is 17.9 Å². The molecule has 5 nitrogen and oxygen atoms in total. The summed E-state index contributed by atoms with van der Waals surface area (Å²) in [5.41, 5.74) is 6.22. The second-order valence-corrected chi connectivity index (χ2v) is 11.7. The van der Waals surface area contributed by atoms with Gasteiger partial charge in [0.1, 0.15) is 6.29 Å². The first-order chi connectivity index (χ1) is 15.3. The highest BCUT2D eigenvalue weighted by atomic mass is 35.5. The first-order valence-electron chi connectivity index (χ1n) is 11.9. The molecule has 4 N–H and O–H groups in total. The van der Waals surface area contributed by atoms with E-state index in [-0.39, 0.29) is 16.9 Å². The van der Waals surface area contributed by atoms with Crippen molar-refractivity contribution >= 4 is 35.7 Å². The molecule has 0 heterocycles. The summed E-state index contributed by atoms with van der Waals surface area (Å²) in [5.74, 6) is 2.15. The van der Waals surface area contributed by atoms with Crippen molar-refractivity contribution < 1.29 is 9.59 Å². The fraction of sp³-hybridized carbons (Fsp3) is 0.680. The van der Waals surface area contributed by atoms with E-state index in [0.717, 1.165) is 72.6 Å². The predicted octanol–water partition coefficient (Wildman–Crippen LogP) is 4.64. The van der Waals surface area contributed by atoms with Crippen molar-refractivity contribution in [1.82, 2.24) is 10.0 Å². The van der Waals surface area contributed by atoms with Gasteiger partial charge in [0.05, 0.1) is 5.54 Å². The van der Waals surface area contributed by atoms with Gasteiger partial charge in [-0.15, -0.1) is 0 Å². The van der Waals surface area contributed by atoms with Gasteiger partial charge in [0, 0.05) is 21.4 Å². The molecule has 176 valence electrons. The van der Waals surface area contributed by atoms with E-state index in [1.165, 1.54) is 24.8 Å². The van der Waals surface area contributed by atoms with Crippen molar-refractivity contribution in [3.63, 3.8) is 0 Å². The summed E-state index contributed by atoms with van der Waals surface area (Å²) >= 11 is 7.58. The number of amides is 1. The number of halogens is 1. The van der Waals surface area contributed by atoms with E-state index in [1.54, 1.807) is 0 Å². The fourth-order valence-electron chi connectivity index (χ4n) is 6.90. The average Bonchev–Trinajstić information content (AvgIpc) is 3.24. The summed E-state index contributed by atoms with van der Waals surface area (Å²) in [4.78, 5) is 23.9. The maximum atomic E-state index is 11.6. The average molecular weight is 478 g/mol. The standard InChI is InChI=1S/C13H16ClNOS.C12H20N2O/c1-10-11(14)5-4-6-12(10)17-15-13(9-16)7-2-3-8-13;1-14-10-8-2-7-3-9(10)6-12(4-7,5-8)11(13)15/h4-6,9,15H,2-3,7-8H2,1H3;7-10,14H,2-6H2,1H3,(H2,13,15). The van der Waals surface area contributed by atoms with Crippen LogP contribution in [0.4, 0.5) is 0 Å². The summed E-state index contributed by atoms with van der Waals surface area (Å²) < 4.78 is 3.32. The molecular formula is C25H36ClN3O2S. The smallest absolute Gasteiger partial charge is 0.223 e. The molecule has 7 heteroatoms. The van der Waals surface area contributed by atoms with Gasteiger partial charge in [-0.2, -0.15) is 0 Å². The number of hydrogen-bond acceptors (Lipinski definition) is 5. The maximum Gasteiger partial charge on any atom is 0.223 e. The largest absolute Gasteiger partial charge is 0.369 e. The van der Waals surface area contributed by atoms with Gasteiger partial charge in [-0.3, -0.25) is 4.79 Å². The molecule has 5 fully saturated rings. The van der Waals surface area contributed by atoms with Gasteiger partial charge in [0.25, 0.3) is 0 Å². The quantitative estimate of drug-likeness (QED) is 0.410. The van der Waals surface area contributed by atoms with Crippen molar-refractivity contribution in [3.05, 3.63) is 28.8 Å². The molecule has 5 aliphatic rings. The molecule has 6 rings (SSSR count). The van der Waals surface area contributed by atoms with Crippen LogP contribution >= 0.6 is 23.5 Å². The van der Waals surface area contributed by atoms with E-state index in [2.05, 4.69) is 17.1 Å². The van der Waals surface area contributed by atoms with Crippen LogP contribution in [-0.4, -0.2) is 30.8 Å². The molecule has 32 heavy (non-hydrogen) atoms. The second-order valence-electron chi connectivity index (χ2n) is 10.5. The molecule has 2 atom stereocenters.